The van der Waals surface area contributed by atoms with E-state index < -0.39 is 0 Å². The van der Waals surface area contributed by atoms with Gasteiger partial charge in [0.15, 0.2) is 0 Å². The number of hydrogen-bond donors (Lipinski definition) is 2. The largest absolute Gasteiger partial charge is 0.349 e. The van der Waals surface area contributed by atoms with E-state index in [2.05, 4.69) is 26.6 Å². The van der Waals surface area contributed by atoms with Crippen molar-refractivity contribution in [3.8, 4) is 0 Å². The molecule has 1 fully saturated rings. The third kappa shape index (κ3) is 3.99. The molecular weight excluding hydrogens is 356 g/mol. The van der Waals surface area contributed by atoms with Crippen LogP contribution in [0.25, 0.3) is 0 Å². The fourth-order valence-corrected chi connectivity index (χ4v) is 2.81. The molecule has 0 saturated heterocycles. The maximum Gasteiger partial charge on any atom is 0.255 e. The lowest BCUT2D eigenvalue weighted by Crippen LogP contribution is -2.25. The van der Waals surface area contributed by atoms with E-state index in [4.69, 9.17) is 0 Å². The Kier molecular flexibility index (Phi) is 4.48. The van der Waals surface area contributed by atoms with Gasteiger partial charge in [0.2, 0.25) is 0 Å². The van der Waals surface area contributed by atoms with Crippen LogP contribution in [0.3, 0.4) is 0 Å². The lowest BCUT2D eigenvalue weighted by atomic mass is 10.1. The lowest BCUT2D eigenvalue weighted by Gasteiger charge is -2.09. The van der Waals surface area contributed by atoms with Crippen molar-refractivity contribution in [3.63, 3.8) is 0 Å². The Balaban J connectivity index is 1.75. The third-order valence-corrected chi connectivity index (χ3v) is 4.33. The second kappa shape index (κ2) is 6.54. The zero-order valence-electron chi connectivity index (χ0n) is 12.7. The summed E-state index contributed by atoms with van der Waals surface area (Å²) in [5, 5.41) is 5.78. The molecule has 3 rings (SSSR count). The Labute approximate surface area is 143 Å². The smallest absolute Gasteiger partial charge is 0.255 e. The fourth-order valence-electron chi connectivity index (χ4n) is 2.21. The van der Waals surface area contributed by atoms with Gasteiger partial charge in [0.25, 0.3) is 11.8 Å². The van der Waals surface area contributed by atoms with E-state index in [-0.39, 0.29) is 11.8 Å². The van der Waals surface area contributed by atoms with Gasteiger partial charge in [-0.3, -0.25) is 9.59 Å². The monoisotopic (exact) mass is 372 g/mol. The molecule has 1 saturated carbocycles. The van der Waals surface area contributed by atoms with Gasteiger partial charge in [0.05, 0.1) is 5.69 Å². The molecule has 2 N–H and O–H groups in total. The molecule has 0 heterocycles. The molecule has 118 valence electrons. The standard InChI is InChI=1S/C18H17BrN2O2/c1-11-5-8-16(15(19)9-11)21-18(23)13-4-2-3-12(10-13)17(22)20-14-6-7-14/h2-5,8-10,14H,6-7H2,1H3,(H,20,22)(H,21,23). The zero-order chi connectivity index (χ0) is 16.4. The van der Waals surface area contributed by atoms with Gasteiger partial charge in [0, 0.05) is 21.6 Å². The molecule has 1 aliphatic carbocycles. The highest BCUT2D eigenvalue weighted by molar-refractivity contribution is 9.10. The minimum atomic E-state index is -0.240. The van der Waals surface area contributed by atoms with E-state index in [0.717, 1.165) is 22.9 Å². The first-order valence-corrected chi connectivity index (χ1v) is 8.30. The van der Waals surface area contributed by atoms with E-state index in [1.807, 2.05) is 25.1 Å². The summed E-state index contributed by atoms with van der Waals surface area (Å²) < 4.78 is 0.827. The van der Waals surface area contributed by atoms with E-state index in [1.54, 1.807) is 24.3 Å². The van der Waals surface area contributed by atoms with E-state index in [1.165, 1.54) is 0 Å². The van der Waals surface area contributed by atoms with Crippen LogP contribution >= 0.6 is 15.9 Å². The number of anilines is 1. The van der Waals surface area contributed by atoms with Gasteiger partial charge in [-0.1, -0.05) is 12.1 Å². The summed E-state index contributed by atoms with van der Waals surface area (Å²) >= 11 is 3.44. The summed E-state index contributed by atoms with van der Waals surface area (Å²) in [4.78, 5) is 24.5. The Morgan fingerprint density at radius 1 is 1.04 bits per heavy atom. The molecule has 0 radical (unpaired) electrons. The van der Waals surface area contributed by atoms with Crippen molar-refractivity contribution in [2.45, 2.75) is 25.8 Å². The van der Waals surface area contributed by atoms with Crippen molar-refractivity contribution in [2.75, 3.05) is 5.32 Å². The van der Waals surface area contributed by atoms with E-state index in [0.29, 0.717) is 22.9 Å². The third-order valence-electron chi connectivity index (χ3n) is 3.67. The van der Waals surface area contributed by atoms with Gasteiger partial charge in [-0.15, -0.1) is 0 Å². The maximum absolute atomic E-state index is 12.4. The topological polar surface area (TPSA) is 58.2 Å². The van der Waals surface area contributed by atoms with Gasteiger partial charge < -0.3 is 10.6 Å². The first kappa shape index (κ1) is 15.7. The molecule has 2 amide bonds. The van der Waals surface area contributed by atoms with E-state index >= 15 is 0 Å². The number of carbonyl (C=O) groups is 2. The molecular formula is C18H17BrN2O2. The highest BCUT2D eigenvalue weighted by atomic mass is 79.9. The molecule has 0 aliphatic heterocycles. The van der Waals surface area contributed by atoms with Crippen LogP contribution in [0.1, 0.15) is 39.1 Å². The average molecular weight is 373 g/mol. The quantitative estimate of drug-likeness (QED) is 0.854. The Morgan fingerprint density at radius 3 is 2.39 bits per heavy atom. The van der Waals surface area contributed by atoms with Crippen molar-refractivity contribution in [2.24, 2.45) is 0 Å². The summed E-state index contributed by atoms with van der Waals surface area (Å²) in [5.41, 5.74) is 2.77. The first-order chi connectivity index (χ1) is 11.0. The molecule has 0 unspecified atom stereocenters. The molecule has 0 aromatic heterocycles. The second-order valence-electron chi connectivity index (χ2n) is 5.77. The molecule has 5 heteroatoms. The summed E-state index contributed by atoms with van der Waals surface area (Å²) in [6, 6.07) is 12.8. The maximum atomic E-state index is 12.4. The minimum absolute atomic E-state index is 0.126. The molecule has 0 spiro atoms. The van der Waals surface area contributed by atoms with Crippen LogP contribution in [-0.2, 0) is 0 Å². The van der Waals surface area contributed by atoms with Crippen molar-refractivity contribution < 1.29 is 9.59 Å². The summed E-state index contributed by atoms with van der Waals surface area (Å²) in [6.45, 7) is 1.98. The van der Waals surface area contributed by atoms with Crippen molar-refractivity contribution in [1.29, 1.82) is 0 Å². The van der Waals surface area contributed by atoms with Crippen LogP contribution < -0.4 is 10.6 Å². The Morgan fingerprint density at radius 2 is 1.74 bits per heavy atom. The molecule has 0 atom stereocenters. The molecule has 4 nitrogen and oxygen atoms in total. The first-order valence-electron chi connectivity index (χ1n) is 7.51. The number of amides is 2. The van der Waals surface area contributed by atoms with Gasteiger partial charge in [-0.25, -0.2) is 0 Å². The predicted octanol–water partition coefficient (Wildman–Crippen LogP) is 3.90. The number of halogens is 1. The summed E-state index contributed by atoms with van der Waals surface area (Å²) in [7, 11) is 0. The SMILES string of the molecule is Cc1ccc(NC(=O)c2cccc(C(=O)NC3CC3)c2)c(Br)c1. The highest BCUT2D eigenvalue weighted by Gasteiger charge is 2.24. The number of benzene rings is 2. The van der Waals surface area contributed by atoms with Crippen LogP contribution in [0, 0.1) is 6.92 Å². The molecule has 2 aromatic carbocycles. The predicted molar refractivity (Wildman–Crippen MR) is 93.8 cm³/mol. The molecule has 1 aliphatic rings. The van der Waals surface area contributed by atoms with Gasteiger partial charge in [0.1, 0.15) is 0 Å². The van der Waals surface area contributed by atoms with Gasteiger partial charge in [-0.05, 0) is 71.6 Å². The minimum Gasteiger partial charge on any atom is -0.349 e. The van der Waals surface area contributed by atoms with Crippen LogP contribution in [-0.4, -0.2) is 17.9 Å². The van der Waals surface area contributed by atoms with Gasteiger partial charge in [-0.2, -0.15) is 0 Å². The van der Waals surface area contributed by atoms with Crippen molar-refractivity contribution in [3.05, 3.63) is 63.6 Å². The molecule has 23 heavy (non-hydrogen) atoms. The fraction of sp³-hybridized carbons (Fsp3) is 0.222. The van der Waals surface area contributed by atoms with Crippen LogP contribution in [0.15, 0.2) is 46.9 Å². The number of aryl methyl sites for hydroxylation is 1. The van der Waals surface area contributed by atoms with E-state index in [9.17, 15) is 9.59 Å². The second-order valence-corrected chi connectivity index (χ2v) is 6.62. The Hall–Kier alpha value is -2.14. The van der Waals surface area contributed by atoms with Gasteiger partial charge >= 0.3 is 0 Å². The van der Waals surface area contributed by atoms with Crippen molar-refractivity contribution >= 4 is 33.4 Å². The van der Waals surface area contributed by atoms with Crippen LogP contribution in [0.5, 0.6) is 0 Å². The van der Waals surface area contributed by atoms with Crippen molar-refractivity contribution in [1.82, 2.24) is 5.32 Å². The average Bonchev–Trinajstić information content (AvgIpc) is 3.34. The van der Waals surface area contributed by atoms with Crippen LogP contribution in [0.2, 0.25) is 0 Å². The Bertz CT molecular complexity index is 769. The molecule has 0 bridgehead atoms. The summed E-state index contributed by atoms with van der Waals surface area (Å²) in [6.07, 6.45) is 2.07. The number of hydrogen-bond acceptors (Lipinski definition) is 2. The summed E-state index contributed by atoms with van der Waals surface area (Å²) in [5.74, 6) is -0.366. The zero-order valence-corrected chi connectivity index (χ0v) is 14.3. The normalized spacial score (nSPS) is 13.5. The highest BCUT2D eigenvalue weighted by Crippen LogP contribution is 2.24. The number of carbonyl (C=O) groups excluding carboxylic acids is 2. The number of nitrogens with one attached hydrogen (secondary N) is 2. The van der Waals surface area contributed by atoms with Crippen LogP contribution in [0.4, 0.5) is 5.69 Å². The lowest BCUT2D eigenvalue weighted by molar-refractivity contribution is 0.0951. The number of rotatable bonds is 4. The molecule has 2 aromatic rings.